The number of carboxylic acids is 1. The SMILES string of the molecule is Cn1ccnc1CCOc1cc(F)ccc1C(=O)O. The smallest absolute Gasteiger partial charge is 0.339 e. The van der Waals surface area contributed by atoms with Crippen LogP contribution in [-0.2, 0) is 13.5 Å². The number of imidazole rings is 1. The summed E-state index contributed by atoms with van der Waals surface area (Å²) in [7, 11) is 1.85. The number of aromatic carboxylic acids is 1. The van der Waals surface area contributed by atoms with Crippen LogP contribution in [0.15, 0.2) is 30.6 Å². The molecule has 0 aliphatic carbocycles. The number of halogens is 1. The van der Waals surface area contributed by atoms with Crippen molar-refractivity contribution in [2.75, 3.05) is 6.61 Å². The highest BCUT2D eigenvalue weighted by Crippen LogP contribution is 2.20. The Labute approximate surface area is 109 Å². The lowest BCUT2D eigenvalue weighted by atomic mass is 10.2. The first-order valence-corrected chi connectivity index (χ1v) is 5.70. The molecule has 0 spiro atoms. The van der Waals surface area contributed by atoms with E-state index in [1.807, 2.05) is 11.6 Å². The molecule has 0 aliphatic rings. The number of carboxylic acid groups (broad SMARTS) is 1. The Morgan fingerprint density at radius 3 is 2.95 bits per heavy atom. The van der Waals surface area contributed by atoms with Gasteiger partial charge in [-0.15, -0.1) is 0 Å². The molecule has 0 saturated heterocycles. The maximum Gasteiger partial charge on any atom is 0.339 e. The van der Waals surface area contributed by atoms with E-state index in [2.05, 4.69) is 4.98 Å². The van der Waals surface area contributed by atoms with Gasteiger partial charge in [-0.3, -0.25) is 0 Å². The fraction of sp³-hybridized carbons (Fsp3) is 0.231. The zero-order valence-electron chi connectivity index (χ0n) is 10.3. The van der Waals surface area contributed by atoms with Crippen LogP contribution in [0.5, 0.6) is 5.75 Å². The number of nitrogens with zero attached hydrogens (tertiary/aromatic N) is 2. The Morgan fingerprint density at radius 1 is 1.53 bits per heavy atom. The van der Waals surface area contributed by atoms with E-state index in [9.17, 15) is 9.18 Å². The van der Waals surface area contributed by atoms with Crippen LogP contribution in [-0.4, -0.2) is 27.2 Å². The Balaban J connectivity index is 2.05. The molecule has 100 valence electrons. The van der Waals surface area contributed by atoms with Crippen molar-refractivity contribution in [3.8, 4) is 5.75 Å². The van der Waals surface area contributed by atoms with Gasteiger partial charge in [-0.2, -0.15) is 0 Å². The van der Waals surface area contributed by atoms with Gasteiger partial charge in [-0.1, -0.05) is 0 Å². The van der Waals surface area contributed by atoms with Crippen LogP contribution in [0.1, 0.15) is 16.2 Å². The van der Waals surface area contributed by atoms with Crippen molar-refractivity contribution in [3.63, 3.8) is 0 Å². The molecule has 0 aliphatic heterocycles. The number of aromatic nitrogens is 2. The summed E-state index contributed by atoms with van der Waals surface area (Å²) in [6.45, 7) is 0.231. The minimum absolute atomic E-state index is 0.0294. The lowest BCUT2D eigenvalue weighted by molar-refractivity contribution is 0.0692. The summed E-state index contributed by atoms with van der Waals surface area (Å²) in [6.07, 6.45) is 3.99. The quantitative estimate of drug-likeness (QED) is 0.895. The first-order valence-electron chi connectivity index (χ1n) is 5.70. The number of rotatable bonds is 5. The highest BCUT2D eigenvalue weighted by molar-refractivity contribution is 5.90. The van der Waals surface area contributed by atoms with Gasteiger partial charge in [0.2, 0.25) is 0 Å². The van der Waals surface area contributed by atoms with Gasteiger partial charge < -0.3 is 14.4 Å². The lowest BCUT2D eigenvalue weighted by Crippen LogP contribution is -2.09. The molecular weight excluding hydrogens is 251 g/mol. The molecule has 0 unspecified atom stereocenters. The number of hydrogen-bond acceptors (Lipinski definition) is 3. The Hall–Kier alpha value is -2.37. The molecule has 1 N–H and O–H groups in total. The van der Waals surface area contributed by atoms with Gasteiger partial charge in [0, 0.05) is 31.9 Å². The van der Waals surface area contributed by atoms with Crippen LogP contribution in [0.25, 0.3) is 0 Å². The van der Waals surface area contributed by atoms with E-state index in [4.69, 9.17) is 9.84 Å². The Kier molecular flexibility index (Phi) is 3.79. The molecule has 0 radical (unpaired) electrons. The monoisotopic (exact) mass is 264 g/mol. The molecule has 0 bridgehead atoms. The van der Waals surface area contributed by atoms with Gasteiger partial charge in [0.25, 0.3) is 0 Å². The molecule has 1 aromatic heterocycles. The standard InChI is InChI=1S/C13H13FN2O3/c1-16-6-5-15-12(16)4-7-19-11-8-9(14)2-3-10(11)13(17)18/h2-3,5-6,8H,4,7H2,1H3,(H,17,18). The van der Waals surface area contributed by atoms with Crippen molar-refractivity contribution < 1.29 is 19.0 Å². The Morgan fingerprint density at radius 2 is 2.32 bits per heavy atom. The number of ether oxygens (including phenoxy) is 1. The Bertz CT molecular complexity index is 595. The summed E-state index contributed by atoms with van der Waals surface area (Å²) in [4.78, 5) is 15.1. The second-order valence-corrected chi connectivity index (χ2v) is 4.00. The maximum absolute atomic E-state index is 13.1. The molecule has 6 heteroatoms. The van der Waals surface area contributed by atoms with Crippen LogP contribution in [0.2, 0.25) is 0 Å². The molecular formula is C13H13FN2O3. The molecule has 5 nitrogen and oxygen atoms in total. The van der Waals surface area contributed by atoms with Crippen molar-refractivity contribution in [2.24, 2.45) is 7.05 Å². The highest BCUT2D eigenvalue weighted by atomic mass is 19.1. The molecule has 19 heavy (non-hydrogen) atoms. The predicted molar refractivity (Wildman–Crippen MR) is 65.8 cm³/mol. The first kappa shape index (κ1) is 13.1. The van der Waals surface area contributed by atoms with E-state index >= 15 is 0 Å². The van der Waals surface area contributed by atoms with Crippen LogP contribution < -0.4 is 4.74 Å². The maximum atomic E-state index is 13.1. The van der Waals surface area contributed by atoms with Crippen LogP contribution in [0.3, 0.4) is 0 Å². The minimum Gasteiger partial charge on any atom is -0.492 e. The zero-order chi connectivity index (χ0) is 13.8. The average Bonchev–Trinajstić information content (AvgIpc) is 2.75. The van der Waals surface area contributed by atoms with E-state index in [0.29, 0.717) is 6.42 Å². The van der Waals surface area contributed by atoms with Crippen molar-refractivity contribution in [1.29, 1.82) is 0 Å². The summed E-state index contributed by atoms with van der Waals surface area (Å²) < 4.78 is 20.3. The number of aryl methyl sites for hydroxylation is 1. The summed E-state index contributed by atoms with van der Waals surface area (Å²) in [5.41, 5.74) is -0.0544. The van der Waals surface area contributed by atoms with Gasteiger partial charge in [0.05, 0.1) is 6.61 Å². The van der Waals surface area contributed by atoms with E-state index in [-0.39, 0.29) is 17.9 Å². The third-order valence-electron chi connectivity index (χ3n) is 2.68. The van der Waals surface area contributed by atoms with Crippen LogP contribution in [0.4, 0.5) is 4.39 Å². The third kappa shape index (κ3) is 3.09. The number of hydrogen-bond donors (Lipinski definition) is 1. The number of carbonyl (C=O) groups is 1. The van der Waals surface area contributed by atoms with Crippen LogP contribution in [0, 0.1) is 5.82 Å². The molecule has 1 heterocycles. The predicted octanol–water partition coefficient (Wildman–Crippen LogP) is 1.88. The van der Waals surface area contributed by atoms with Crippen molar-refractivity contribution in [2.45, 2.75) is 6.42 Å². The molecule has 0 saturated carbocycles. The summed E-state index contributed by atoms with van der Waals surface area (Å²) in [5.74, 6) is -0.834. The molecule has 0 fully saturated rings. The fourth-order valence-corrected chi connectivity index (χ4v) is 1.68. The van der Waals surface area contributed by atoms with E-state index < -0.39 is 11.8 Å². The van der Waals surface area contributed by atoms with E-state index in [0.717, 1.165) is 18.0 Å². The zero-order valence-corrected chi connectivity index (χ0v) is 10.3. The fourth-order valence-electron chi connectivity index (χ4n) is 1.68. The van der Waals surface area contributed by atoms with Gasteiger partial charge >= 0.3 is 5.97 Å². The van der Waals surface area contributed by atoms with Crippen molar-refractivity contribution in [1.82, 2.24) is 9.55 Å². The summed E-state index contributed by atoms with van der Waals surface area (Å²) in [6, 6.07) is 3.35. The second-order valence-electron chi connectivity index (χ2n) is 4.00. The molecule has 0 amide bonds. The largest absolute Gasteiger partial charge is 0.492 e. The molecule has 2 rings (SSSR count). The van der Waals surface area contributed by atoms with E-state index in [1.54, 1.807) is 12.4 Å². The minimum atomic E-state index is -1.15. The average molecular weight is 264 g/mol. The van der Waals surface area contributed by atoms with Gasteiger partial charge in [-0.25, -0.2) is 14.2 Å². The molecule has 0 atom stereocenters. The van der Waals surface area contributed by atoms with Crippen molar-refractivity contribution in [3.05, 3.63) is 47.8 Å². The van der Waals surface area contributed by atoms with Gasteiger partial charge in [0.1, 0.15) is 23.0 Å². The van der Waals surface area contributed by atoms with Gasteiger partial charge in [0.15, 0.2) is 0 Å². The summed E-state index contributed by atoms with van der Waals surface area (Å²) >= 11 is 0. The van der Waals surface area contributed by atoms with Crippen molar-refractivity contribution >= 4 is 5.97 Å². The number of benzene rings is 1. The van der Waals surface area contributed by atoms with Crippen LogP contribution >= 0.6 is 0 Å². The lowest BCUT2D eigenvalue weighted by Gasteiger charge is -2.09. The molecule has 1 aromatic carbocycles. The first-order chi connectivity index (χ1) is 9.08. The van der Waals surface area contributed by atoms with Gasteiger partial charge in [-0.05, 0) is 12.1 Å². The highest BCUT2D eigenvalue weighted by Gasteiger charge is 2.12. The molecule has 2 aromatic rings. The third-order valence-corrected chi connectivity index (χ3v) is 2.68. The normalized spacial score (nSPS) is 10.4. The second kappa shape index (κ2) is 5.51. The summed E-state index contributed by atoms with van der Waals surface area (Å²) in [5, 5.41) is 8.97. The van der Waals surface area contributed by atoms with E-state index in [1.165, 1.54) is 6.07 Å². The topological polar surface area (TPSA) is 64.4 Å².